The molecule has 1 aliphatic rings. The number of carboxylic acid groups (broad SMARTS) is 1. The molecule has 154 valence electrons. The number of halogens is 1. The maximum absolute atomic E-state index is 12.2. The Labute approximate surface area is 174 Å². The highest BCUT2D eigenvalue weighted by atomic mass is 35.5. The maximum Gasteiger partial charge on any atom is 0.345 e. The Morgan fingerprint density at radius 3 is 2.59 bits per heavy atom. The molecule has 0 spiro atoms. The number of carboxylic acids is 1. The van der Waals surface area contributed by atoms with E-state index in [2.05, 4.69) is 29.6 Å². The molecule has 2 unspecified atom stereocenters. The van der Waals surface area contributed by atoms with Crippen molar-refractivity contribution in [2.24, 2.45) is 18.9 Å². The number of aromatic hydroxyl groups is 1. The average Bonchev–Trinajstić information content (AvgIpc) is 3.24. The number of rotatable bonds is 5. The van der Waals surface area contributed by atoms with Crippen molar-refractivity contribution < 1.29 is 15.0 Å². The molecule has 1 aliphatic carbocycles. The molecule has 1 aromatic carbocycles. The van der Waals surface area contributed by atoms with Gasteiger partial charge in [-0.1, -0.05) is 19.9 Å². The molecule has 6 nitrogen and oxygen atoms in total. The maximum atomic E-state index is 12.2. The fourth-order valence-corrected chi connectivity index (χ4v) is 4.13. The second-order valence-electron chi connectivity index (χ2n) is 7.84. The first kappa shape index (κ1) is 21.0. The molecule has 0 saturated heterocycles. The molecule has 4 rings (SSSR count). The van der Waals surface area contributed by atoms with Crippen molar-refractivity contribution in [2.45, 2.75) is 33.1 Å². The van der Waals surface area contributed by atoms with E-state index in [1.807, 2.05) is 25.1 Å². The highest BCUT2D eigenvalue weighted by Gasteiger charge is 2.33. The van der Waals surface area contributed by atoms with Crippen molar-refractivity contribution in [3.8, 4) is 17.0 Å². The minimum atomic E-state index is -1.43. The summed E-state index contributed by atoms with van der Waals surface area (Å²) < 4.78 is 2.21. The highest BCUT2D eigenvalue weighted by Crippen LogP contribution is 2.41. The van der Waals surface area contributed by atoms with Crippen molar-refractivity contribution in [1.29, 1.82) is 0 Å². The number of aryl methyl sites for hydroxylation is 1. The smallest absolute Gasteiger partial charge is 0.345 e. The van der Waals surface area contributed by atoms with Crippen molar-refractivity contribution in [3.63, 3.8) is 0 Å². The standard InChI is InChI=1S/C22H24N2O4.ClH/c1-4-16-19(23-21(26)18(20(16)25)22(27)28)12-5-6-17-14(8-12)10-15(24(17)3)9-13-7-11(13)2;/h5-6,8,10-11,13H,4,7,9H2,1-3H3,(H,27,28)(H2,23,25,26);1H. The van der Waals surface area contributed by atoms with Crippen LogP contribution in [0, 0.1) is 11.8 Å². The van der Waals surface area contributed by atoms with Crippen LogP contribution in [0.1, 0.15) is 41.9 Å². The molecule has 3 N–H and O–H groups in total. The summed E-state index contributed by atoms with van der Waals surface area (Å²) >= 11 is 0. The normalized spacial score (nSPS) is 17.9. The van der Waals surface area contributed by atoms with Gasteiger partial charge in [0.05, 0.1) is 5.69 Å². The monoisotopic (exact) mass is 416 g/mol. The van der Waals surface area contributed by atoms with Crippen LogP contribution in [0.5, 0.6) is 5.75 Å². The van der Waals surface area contributed by atoms with Crippen LogP contribution in [0.2, 0.25) is 0 Å². The summed E-state index contributed by atoms with van der Waals surface area (Å²) in [6.45, 7) is 4.10. The van der Waals surface area contributed by atoms with E-state index >= 15 is 0 Å². The zero-order chi connectivity index (χ0) is 20.2. The van der Waals surface area contributed by atoms with Crippen LogP contribution in [0.25, 0.3) is 22.2 Å². The average molecular weight is 417 g/mol. The molecule has 2 atom stereocenters. The molecule has 7 heteroatoms. The largest absolute Gasteiger partial charge is 0.506 e. The fraction of sp³-hybridized carbons (Fsp3) is 0.364. The fourth-order valence-electron chi connectivity index (χ4n) is 4.13. The number of aromatic nitrogens is 2. The van der Waals surface area contributed by atoms with Crippen molar-refractivity contribution in [3.05, 3.63) is 51.4 Å². The SMILES string of the molecule is CCc1c(-c2ccc3c(c2)cc(CC2CC2C)n3C)[nH]c(=O)c(C(=O)O)c1O.Cl. The first-order valence-corrected chi connectivity index (χ1v) is 9.61. The van der Waals surface area contributed by atoms with Gasteiger partial charge in [-0.25, -0.2) is 4.79 Å². The lowest BCUT2D eigenvalue weighted by Gasteiger charge is -2.12. The molecule has 2 aromatic heterocycles. The van der Waals surface area contributed by atoms with Crippen LogP contribution in [0.15, 0.2) is 29.1 Å². The van der Waals surface area contributed by atoms with Gasteiger partial charge in [0, 0.05) is 29.2 Å². The Bertz CT molecular complexity index is 1160. The van der Waals surface area contributed by atoms with Crippen LogP contribution < -0.4 is 5.56 Å². The quantitative estimate of drug-likeness (QED) is 0.583. The van der Waals surface area contributed by atoms with Crippen LogP contribution >= 0.6 is 12.4 Å². The molecule has 1 fully saturated rings. The third kappa shape index (κ3) is 3.53. The Kier molecular flexibility index (Phi) is 5.50. The number of aromatic carboxylic acids is 1. The van der Waals surface area contributed by atoms with Crippen LogP contribution in [-0.4, -0.2) is 25.7 Å². The predicted octanol–water partition coefficient (Wildman–Crippen LogP) is 4.12. The Balaban J connectivity index is 0.00000240. The van der Waals surface area contributed by atoms with Gasteiger partial charge in [0.25, 0.3) is 5.56 Å². The van der Waals surface area contributed by atoms with Gasteiger partial charge >= 0.3 is 5.97 Å². The van der Waals surface area contributed by atoms with E-state index in [0.29, 0.717) is 17.7 Å². The summed E-state index contributed by atoms with van der Waals surface area (Å²) in [6.07, 6.45) is 2.74. The summed E-state index contributed by atoms with van der Waals surface area (Å²) in [5.74, 6) is -0.338. The third-order valence-electron chi connectivity index (χ3n) is 6.04. The van der Waals surface area contributed by atoms with Gasteiger partial charge in [0.2, 0.25) is 0 Å². The Morgan fingerprint density at radius 1 is 1.31 bits per heavy atom. The van der Waals surface area contributed by atoms with E-state index in [4.69, 9.17) is 0 Å². The number of nitrogens with zero attached hydrogens (tertiary/aromatic N) is 1. The summed E-state index contributed by atoms with van der Waals surface area (Å²) in [7, 11) is 2.07. The lowest BCUT2D eigenvalue weighted by atomic mass is 9.99. The van der Waals surface area contributed by atoms with Crippen molar-refractivity contribution in [1.82, 2.24) is 9.55 Å². The second kappa shape index (κ2) is 7.59. The lowest BCUT2D eigenvalue weighted by molar-refractivity contribution is 0.0691. The molecule has 29 heavy (non-hydrogen) atoms. The topological polar surface area (TPSA) is 95.3 Å². The number of fused-ring (bicyclic) bond motifs is 1. The van der Waals surface area contributed by atoms with E-state index in [9.17, 15) is 19.8 Å². The van der Waals surface area contributed by atoms with Gasteiger partial charge in [0.1, 0.15) is 5.75 Å². The first-order chi connectivity index (χ1) is 13.3. The van der Waals surface area contributed by atoms with E-state index in [-0.39, 0.29) is 12.4 Å². The summed E-state index contributed by atoms with van der Waals surface area (Å²) in [5.41, 5.74) is 2.65. The summed E-state index contributed by atoms with van der Waals surface area (Å²) in [4.78, 5) is 26.2. The molecular formula is C22H25ClN2O4. The molecule has 0 radical (unpaired) electrons. The van der Waals surface area contributed by atoms with Crippen LogP contribution in [0.4, 0.5) is 0 Å². The predicted molar refractivity (Wildman–Crippen MR) is 115 cm³/mol. The summed E-state index contributed by atoms with van der Waals surface area (Å²) in [5, 5.41) is 20.6. The van der Waals surface area contributed by atoms with E-state index in [1.54, 1.807) is 0 Å². The van der Waals surface area contributed by atoms with Gasteiger partial charge in [-0.05, 0) is 54.9 Å². The molecule has 0 aliphatic heterocycles. The molecule has 3 aromatic rings. The Hall–Kier alpha value is -2.73. The van der Waals surface area contributed by atoms with Gasteiger partial charge in [-0.3, -0.25) is 4.79 Å². The molecule has 1 saturated carbocycles. The number of nitrogens with one attached hydrogen (secondary N) is 1. The van der Waals surface area contributed by atoms with Crippen molar-refractivity contribution >= 4 is 29.3 Å². The van der Waals surface area contributed by atoms with Gasteiger partial charge in [-0.15, -0.1) is 12.4 Å². The van der Waals surface area contributed by atoms with Crippen molar-refractivity contribution in [2.75, 3.05) is 0 Å². The number of benzene rings is 1. The van der Waals surface area contributed by atoms with E-state index < -0.39 is 22.8 Å². The van der Waals surface area contributed by atoms with Gasteiger partial charge < -0.3 is 19.8 Å². The number of carbonyl (C=O) groups is 1. The molecule has 0 amide bonds. The molecule has 2 heterocycles. The number of H-pyrrole nitrogens is 1. The molecular weight excluding hydrogens is 392 g/mol. The second-order valence-corrected chi connectivity index (χ2v) is 7.84. The zero-order valence-corrected chi connectivity index (χ0v) is 17.5. The minimum Gasteiger partial charge on any atom is -0.506 e. The lowest BCUT2D eigenvalue weighted by Crippen LogP contribution is -2.20. The van der Waals surface area contributed by atoms with Gasteiger partial charge in [0.15, 0.2) is 5.56 Å². The summed E-state index contributed by atoms with van der Waals surface area (Å²) in [6, 6.07) is 8.07. The minimum absolute atomic E-state index is 0. The van der Waals surface area contributed by atoms with Crippen LogP contribution in [0.3, 0.4) is 0 Å². The number of hydrogen-bond acceptors (Lipinski definition) is 3. The van der Waals surface area contributed by atoms with E-state index in [1.165, 1.54) is 12.1 Å². The number of hydrogen-bond donors (Lipinski definition) is 3. The first-order valence-electron chi connectivity index (χ1n) is 9.61. The Morgan fingerprint density at radius 2 is 2.00 bits per heavy atom. The highest BCUT2D eigenvalue weighted by molar-refractivity contribution is 5.92. The van der Waals surface area contributed by atoms with E-state index in [0.717, 1.165) is 34.7 Å². The number of aromatic amines is 1. The van der Waals surface area contributed by atoms with Crippen LogP contribution in [-0.2, 0) is 19.9 Å². The molecule has 0 bridgehead atoms. The zero-order valence-electron chi connectivity index (χ0n) is 16.7. The van der Waals surface area contributed by atoms with Gasteiger partial charge in [-0.2, -0.15) is 0 Å². The number of pyridine rings is 1. The third-order valence-corrected chi connectivity index (χ3v) is 6.04.